The van der Waals surface area contributed by atoms with Gasteiger partial charge in [-0.15, -0.1) is 0 Å². The summed E-state index contributed by atoms with van der Waals surface area (Å²) >= 11 is 0. The van der Waals surface area contributed by atoms with E-state index >= 15 is 0 Å². The molecule has 3 aromatic rings. The van der Waals surface area contributed by atoms with Crippen LogP contribution in [0.3, 0.4) is 0 Å². The van der Waals surface area contributed by atoms with Crippen LogP contribution in [-0.4, -0.2) is 71.3 Å². The number of rotatable bonds is 3. The Morgan fingerprint density at radius 3 is 2.03 bits per heavy atom. The highest BCUT2D eigenvalue weighted by molar-refractivity contribution is 6.18. The third-order valence-corrected chi connectivity index (χ3v) is 8.39. The molecule has 5 nitrogen and oxygen atoms in total. The average Bonchev–Trinajstić information content (AvgIpc) is 2.90. The molecular weight excluding hydrogens is 446 g/mol. The number of carbonyl (C=O) groups excluding carboxylic acids is 2. The highest BCUT2D eigenvalue weighted by atomic mass is 16.2. The molecule has 2 amide bonds. The Hall–Kier alpha value is -2.92. The zero-order valence-corrected chi connectivity index (χ0v) is 22.2. The van der Waals surface area contributed by atoms with E-state index in [0.717, 1.165) is 79.0 Å². The van der Waals surface area contributed by atoms with Crippen LogP contribution in [0.2, 0.25) is 0 Å². The van der Waals surface area contributed by atoms with Gasteiger partial charge in [0.05, 0.1) is 11.5 Å². The Bertz CT molecular complexity index is 1220. The summed E-state index contributed by atoms with van der Waals surface area (Å²) in [6.07, 6.45) is 3.96. The predicted molar refractivity (Wildman–Crippen MR) is 147 cm³/mol. The first-order chi connectivity index (χ1) is 17.2. The lowest BCUT2D eigenvalue weighted by molar-refractivity contribution is -0.140. The van der Waals surface area contributed by atoms with E-state index in [0.29, 0.717) is 6.04 Å². The van der Waals surface area contributed by atoms with Crippen LogP contribution in [0.5, 0.6) is 0 Å². The van der Waals surface area contributed by atoms with Crippen molar-refractivity contribution < 1.29 is 9.59 Å². The maximum atomic E-state index is 13.9. The first-order valence-corrected chi connectivity index (χ1v) is 13.5. The summed E-state index contributed by atoms with van der Waals surface area (Å²) in [7, 11) is 1.93. The molecule has 2 fully saturated rings. The van der Waals surface area contributed by atoms with E-state index in [1.54, 1.807) is 0 Å². The average molecular weight is 486 g/mol. The first-order valence-electron chi connectivity index (χ1n) is 13.5. The minimum Gasteiger partial charge on any atom is -0.341 e. The second-order valence-electron chi connectivity index (χ2n) is 11.6. The Kier molecular flexibility index (Phi) is 6.78. The molecule has 36 heavy (non-hydrogen) atoms. The number of hydrogen-bond donors (Lipinski definition) is 0. The summed E-state index contributed by atoms with van der Waals surface area (Å²) < 4.78 is 0. The molecule has 190 valence electrons. The lowest BCUT2D eigenvalue weighted by atomic mass is 9.91. The normalized spacial score (nSPS) is 20.1. The Morgan fingerprint density at radius 2 is 1.44 bits per heavy atom. The standard InChI is InChI=1S/C31H39N3O2/c1-31(2,3)32(4)29(35)24-12-9-17-34(21-24)25-15-18-33(19-16-25)30(36)28-26-13-7-5-10-22(26)20-23-11-6-8-14-27(23)28/h5-8,10-11,13-14,20,24-25H,9,12,15-19,21H2,1-4H3. The Morgan fingerprint density at radius 1 is 0.861 bits per heavy atom. The summed E-state index contributed by atoms with van der Waals surface area (Å²) in [6.45, 7) is 9.70. The molecule has 0 aromatic heterocycles. The molecule has 0 bridgehead atoms. The van der Waals surface area contributed by atoms with Gasteiger partial charge in [0.15, 0.2) is 0 Å². The van der Waals surface area contributed by atoms with Crippen molar-refractivity contribution in [3.05, 3.63) is 60.2 Å². The first kappa shape index (κ1) is 24.8. The summed E-state index contributed by atoms with van der Waals surface area (Å²) in [5.41, 5.74) is 0.674. The smallest absolute Gasteiger partial charge is 0.255 e. The number of amides is 2. The summed E-state index contributed by atoms with van der Waals surface area (Å²) in [4.78, 5) is 33.5. The van der Waals surface area contributed by atoms with Crippen LogP contribution in [0.1, 0.15) is 56.8 Å². The number of nitrogens with zero attached hydrogens (tertiary/aromatic N) is 3. The maximum absolute atomic E-state index is 13.9. The number of carbonyl (C=O) groups is 2. The number of fused-ring (bicyclic) bond motifs is 2. The molecule has 0 aliphatic carbocycles. The van der Waals surface area contributed by atoms with Crippen molar-refractivity contribution >= 4 is 33.4 Å². The lowest BCUT2D eigenvalue weighted by Crippen LogP contribution is -2.53. The van der Waals surface area contributed by atoms with Gasteiger partial charge in [-0.05, 0) is 80.6 Å². The van der Waals surface area contributed by atoms with E-state index in [9.17, 15) is 9.59 Å². The predicted octanol–water partition coefficient (Wildman–Crippen LogP) is 5.57. The van der Waals surface area contributed by atoms with Crippen LogP contribution in [0, 0.1) is 5.92 Å². The molecule has 2 heterocycles. The Balaban J connectivity index is 1.29. The summed E-state index contributed by atoms with van der Waals surface area (Å²) in [5.74, 6) is 0.479. The third kappa shape index (κ3) is 4.73. The fourth-order valence-electron chi connectivity index (χ4n) is 5.98. The summed E-state index contributed by atoms with van der Waals surface area (Å²) in [5, 5.41) is 4.28. The van der Waals surface area contributed by atoms with Gasteiger partial charge in [0.1, 0.15) is 0 Å². The van der Waals surface area contributed by atoms with Gasteiger partial charge >= 0.3 is 0 Å². The molecular formula is C31H39N3O2. The molecule has 5 heteroatoms. The van der Waals surface area contributed by atoms with E-state index in [2.05, 4.69) is 56.0 Å². The molecule has 3 aromatic carbocycles. The van der Waals surface area contributed by atoms with E-state index in [-0.39, 0.29) is 23.3 Å². The fourth-order valence-corrected chi connectivity index (χ4v) is 5.98. The van der Waals surface area contributed by atoms with Crippen molar-refractivity contribution in [3.63, 3.8) is 0 Å². The quantitative estimate of drug-likeness (QED) is 0.456. The summed E-state index contributed by atoms with van der Waals surface area (Å²) in [6, 6.07) is 19.1. The van der Waals surface area contributed by atoms with Crippen molar-refractivity contribution in [3.8, 4) is 0 Å². The van der Waals surface area contributed by atoms with Crippen LogP contribution >= 0.6 is 0 Å². The lowest BCUT2D eigenvalue weighted by Gasteiger charge is -2.43. The highest BCUT2D eigenvalue weighted by Gasteiger charge is 2.36. The topological polar surface area (TPSA) is 43.9 Å². The minimum atomic E-state index is -0.156. The number of likely N-dealkylation sites (tertiary alicyclic amines) is 2. The molecule has 5 rings (SSSR count). The van der Waals surface area contributed by atoms with E-state index in [1.807, 2.05) is 41.1 Å². The van der Waals surface area contributed by atoms with Crippen molar-refractivity contribution in [1.82, 2.24) is 14.7 Å². The SMILES string of the molecule is CN(C(=O)C1CCCN(C2CCN(C(=O)c3c4ccccc4cc4ccccc34)CC2)C1)C(C)(C)C. The molecule has 0 N–H and O–H groups in total. The van der Waals surface area contributed by atoms with E-state index in [4.69, 9.17) is 0 Å². The number of benzene rings is 3. The number of piperidine rings is 2. The van der Waals surface area contributed by atoms with E-state index < -0.39 is 0 Å². The van der Waals surface area contributed by atoms with Gasteiger partial charge in [-0.1, -0.05) is 48.5 Å². The van der Waals surface area contributed by atoms with Gasteiger partial charge in [0, 0.05) is 38.3 Å². The molecule has 2 aliphatic heterocycles. The Labute approximate surface area is 215 Å². The van der Waals surface area contributed by atoms with Gasteiger partial charge in [-0.3, -0.25) is 14.5 Å². The molecule has 0 saturated carbocycles. The monoisotopic (exact) mass is 485 g/mol. The van der Waals surface area contributed by atoms with Gasteiger partial charge in [-0.25, -0.2) is 0 Å². The zero-order chi connectivity index (χ0) is 25.4. The van der Waals surface area contributed by atoms with Gasteiger partial charge < -0.3 is 9.80 Å². The van der Waals surface area contributed by atoms with E-state index in [1.165, 1.54) is 0 Å². The fraction of sp³-hybridized carbons (Fsp3) is 0.484. The molecule has 2 saturated heterocycles. The van der Waals surface area contributed by atoms with Gasteiger partial charge in [-0.2, -0.15) is 0 Å². The van der Waals surface area contributed by atoms with Crippen LogP contribution in [-0.2, 0) is 4.79 Å². The second-order valence-corrected chi connectivity index (χ2v) is 11.6. The van der Waals surface area contributed by atoms with Crippen LogP contribution < -0.4 is 0 Å². The molecule has 2 aliphatic rings. The van der Waals surface area contributed by atoms with Crippen molar-refractivity contribution in [2.45, 2.75) is 58.0 Å². The van der Waals surface area contributed by atoms with Gasteiger partial charge in [0.2, 0.25) is 5.91 Å². The van der Waals surface area contributed by atoms with Crippen LogP contribution in [0.25, 0.3) is 21.5 Å². The van der Waals surface area contributed by atoms with Crippen LogP contribution in [0.15, 0.2) is 54.6 Å². The second kappa shape index (κ2) is 9.85. The third-order valence-electron chi connectivity index (χ3n) is 8.39. The largest absolute Gasteiger partial charge is 0.341 e. The maximum Gasteiger partial charge on any atom is 0.255 e. The van der Waals surface area contributed by atoms with Crippen molar-refractivity contribution in [1.29, 1.82) is 0 Å². The highest BCUT2D eigenvalue weighted by Crippen LogP contribution is 2.31. The molecule has 1 atom stereocenters. The number of hydrogen-bond acceptors (Lipinski definition) is 3. The van der Waals surface area contributed by atoms with Crippen molar-refractivity contribution in [2.24, 2.45) is 5.92 Å². The van der Waals surface area contributed by atoms with Gasteiger partial charge in [0.25, 0.3) is 5.91 Å². The van der Waals surface area contributed by atoms with Crippen molar-refractivity contribution in [2.75, 3.05) is 33.2 Å². The zero-order valence-electron chi connectivity index (χ0n) is 22.2. The molecule has 1 unspecified atom stereocenters. The molecule has 0 spiro atoms. The molecule has 0 radical (unpaired) electrons. The van der Waals surface area contributed by atoms with Crippen LogP contribution in [0.4, 0.5) is 0 Å². The minimum absolute atomic E-state index is 0.0738.